The molecule has 3 rings (SSSR count). The fraction of sp³-hybridized carbons (Fsp3) is 0.842. The second-order valence-electron chi connectivity index (χ2n) is 7.62. The lowest BCUT2D eigenvalue weighted by atomic mass is 10.0. The Kier molecular flexibility index (Phi) is 6.57. The molecule has 3 fully saturated rings. The fourth-order valence-electron chi connectivity index (χ4n) is 4.37. The first kappa shape index (κ1) is 19.9. The molecule has 8 heteroatoms. The minimum Gasteiger partial charge on any atom is -0.450 e. The van der Waals surface area contributed by atoms with Crippen molar-refractivity contribution in [2.75, 3.05) is 59.0 Å². The second kappa shape index (κ2) is 8.91. The third kappa shape index (κ3) is 4.54. The van der Waals surface area contributed by atoms with Gasteiger partial charge in [0.05, 0.1) is 12.5 Å². The van der Waals surface area contributed by atoms with E-state index in [4.69, 9.17) is 4.74 Å². The van der Waals surface area contributed by atoms with Crippen molar-refractivity contribution < 1.29 is 19.1 Å². The molecule has 1 atom stereocenters. The summed E-state index contributed by atoms with van der Waals surface area (Å²) in [6, 6.07) is 0.123. The minimum atomic E-state index is -0.275. The van der Waals surface area contributed by atoms with Gasteiger partial charge in [-0.15, -0.1) is 0 Å². The van der Waals surface area contributed by atoms with Crippen LogP contribution in [0.1, 0.15) is 33.1 Å². The van der Waals surface area contributed by atoms with Gasteiger partial charge in [-0.3, -0.25) is 9.59 Å². The third-order valence-electron chi connectivity index (χ3n) is 6.07. The highest BCUT2D eigenvalue weighted by atomic mass is 16.6. The van der Waals surface area contributed by atoms with Gasteiger partial charge in [0.25, 0.3) is 0 Å². The Hall–Kier alpha value is -1.83. The second-order valence-corrected chi connectivity index (χ2v) is 7.62. The molecular formula is C19H32N4O4. The average molecular weight is 380 g/mol. The van der Waals surface area contributed by atoms with E-state index in [1.807, 2.05) is 9.80 Å². The molecule has 152 valence electrons. The van der Waals surface area contributed by atoms with Crippen LogP contribution in [0.15, 0.2) is 0 Å². The van der Waals surface area contributed by atoms with Crippen LogP contribution < -0.4 is 0 Å². The largest absolute Gasteiger partial charge is 0.450 e. The van der Waals surface area contributed by atoms with Gasteiger partial charge < -0.3 is 24.3 Å². The summed E-state index contributed by atoms with van der Waals surface area (Å²) in [7, 11) is 0. The smallest absolute Gasteiger partial charge is 0.409 e. The summed E-state index contributed by atoms with van der Waals surface area (Å²) in [5.41, 5.74) is 0. The molecule has 3 aliphatic rings. The molecule has 8 nitrogen and oxygen atoms in total. The number of piperazine rings is 1. The van der Waals surface area contributed by atoms with E-state index >= 15 is 0 Å². The van der Waals surface area contributed by atoms with E-state index in [9.17, 15) is 14.4 Å². The van der Waals surface area contributed by atoms with Crippen LogP contribution in [0.3, 0.4) is 0 Å². The Labute approximate surface area is 161 Å². The molecule has 3 saturated heterocycles. The number of ether oxygens (including phenoxy) is 1. The molecule has 3 amide bonds. The predicted octanol–water partition coefficient (Wildman–Crippen LogP) is 0.620. The number of likely N-dealkylation sites (N-methyl/N-ethyl adjacent to an activating group) is 1. The molecule has 0 bridgehead atoms. The fourth-order valence-corrected chi connectivity index (χ4v) is 4.37. The number of piperidine rings is 1. The van der Waals surface area contributed by atoms with Gasteiger partial charge in [-0.05, 0) is 26.3 Å². The van der Waals surface area contributed by atoms with Crippen LogP contribution in [-0.4, -0.2) is 103 Å². The molecule has 0 saturated carbocycles. The highest BCUT2D eigenvalue weighted by molar-refractivity contribution is 5.89. The average Bonchev–Trinajstić information content (AvgIpc) is 3.09. The molecule has 3 aliphatic heterocycles. The maximum absolute atomic E-state index is 12.8. The number of hydrogen-bond donors (Lipinski definition) is 0. The summed E-state index contributed by atoms with van der Waals surface area (Å²) >= 11 is 0. The number of rotatable bonds is 4. The van der Waals surface area contributed by atoms with E-state index in [2.05, 4.69) is 11.8 Å². The first-order chi connectivity index (χ1) is 13.0. The van der Waals surface area contributed by atoms with Crippen molar-refractivity contribution in [1.29, 1.82) is 0 Å². The van der Waals surface area contributed by atoms with Crippen LogP contribution in [0, 0.1) is 5.92 Å². The van der Waals surface area contributed by atoms with Crippen LogP contribution in [0.2, 0.25) is 0 Å². The first-order valence-corrected chi connectivity index (χ1v) is 10.3. The van der Waals surface area contributed by atoms with E-state index < -0.39 is 0 Å². The van der Waals surface area contributed by atoms with Crippen LogP contribution in [0.5, 0.6) is 0 Å². The van der Waals surface area contributed by atoms with Crippen molar-refractivity contribution >= 4 is 17.9 Å². The standard InChI is InChI=1S/C19H32N4O4/c1-3-20-9-11-21(12-10-20)18(25)15-13-17(24)23(14-15)16-5-7-22(8-6-16)19(26)27-4-2/h15-16H,3-14H2,1-2H3. The summed E-state index contributed by atoms with van der Waals surface area (Å²) in [5, 5.41) is 0. The summed E-state index contributed by atoms with van der Waals surface area (Å²) in [6.45, 7) is 10.4. The van der Waals surface area contributed by atoms with Gasteiger partial charge in [0.2, 0.25) is 11.8 Å². The lowest BCUT2D eigenvalue weighted by molar-refractivity contribution is -0.137. The topological polar surface area (TPSA) is 73.4 Å². The Morgan fingerprint density at radius 3 is 2.26 bits per heavy atom. The van der Waals surface area contributed by atoms with E-state index in [-0.39, 0.29) is 29.9 Å². The Bertz CT molecular complexity index is 554. The first-order valence-electron chi connectivity index (χ1n) is 10.3. The van der Waals surface area contributed by atoms with Gasteiger partial charge >= 0.3 is 6.09 Å². The monoisotopic (exact) mass is 380 g/mol. The predicted molar refractivity (Wildman–Crippen MR) is 100 cm³/mol. The number of carbonyl (C=O) groups excluding carboxylic acids is 3. The maximum Gasteiger partial charge on any atom is 0.409 e. The maximum atomic E-state index is 12.8. The van der Waals surface area contributed by atoms with Crippen molar-refractivity contribution in [1.82, 2.24) is 19.6 Å². The number of amides is 3. The highest BCUT2D eigenvalue weighted by Gasteiger charge is 2.41. The number of likely N-dealkylation sites (tertiary alicyclic amines) is 2. The van der Waals surface area contributed by atoms with E-state index in [0.717, 1.165) is 45.6 Å². The third-order valence-corrected chi connectivity index (χ3v) is 6.07. The zero-order chi connectivity index (χ0) is 19.4. The van der Waals surface area contributed by atoms with Gasteiger partial charge in [0, 0.05) is 58.3 Å². The Morgan fingerprint density at radius 2 is 1.67 bits per heavy atom. The molecule has 0 aromatic heterocycles. The van der Waals surface area contributed by atoms with Gasteiger partial charge in [0.1, 0.15) is 0 Å². The Morgan fingerprint density at radius 1 is 1.00 bits per heavy atom. The zero-order valence-corrected chi connectivity index (χ0v) is 16.6. The van der Waals surface area contributed by atoms with Crippen molar-refractivity contribution in [2.24, 2.45) is 5.92 Å². The van der Waals surface area contributed by atoms with Gasteiger partial charge in [-0.1, -0.05) is 6.92 Å². The normalized spacial score (nSPS) is 25.2. The number of nitrogens with zero attached hydrogens (tertiary/aromatic N) is 4. The van der Waals surface area contributed by atoms with Crippen molar-refractivity contribution in [3.8, 4) is 0 Å². The van der Waals surface area contributed by atoms with Crippen molar-refractivity contribution in [3.05, 3.63) is 0 Å². The van der Waals surface area contributed by atoms with Crippen LogP contribution in [-0.2, 0) is 14.3 Å². The molecular weight excluding hydrogens is 348 g/mol. The molecule has 1 unspecified atom stereocenters. The molecule has 0 aliphatic carbocycles. The lowest BCUT2D eigenvalue weighted by Gasteiger charge is -2.37. The zero-order valence-electron chi connectivity index (χ0n) is 16.6. The van der Waals surface area contributed by atoms with E-state index in [0.29, 0.717) is 32.7 Å². The highest BCUT2D eigenvalue weighted by Crippen LogP contribution is 2.27. The molecule has 3 heterocycles. The summed E-state index contributed by atoms with van der Waals surface area (Å²) in [5.74, 6) is -0.00513. The summed E-state index contributed by atoms with van der Waals surface area (Å²) < 4.78 is 5.05. The number of hydrogen-bond acceptors (Lipinski definition) is 5. The molecule has 0 radical (unpaired) electrons. The minimum absolute atomic E-state index is 0.0788. The van der Waals surface area contributed by atoms with E-state index in [1.54, 1.807) is 11.8 Å². The molecule has 0 aromatic rings. The molecule has 0 spiro atoms. The molecule has 0 aromatic carbocycles. The molecule has 0 N–H and O–H groups in total. The van der Waals surface area contributed by atoms with E-state index in [1.165, 1.54) is 0 Å². The summed E-state index contributed by atoms with van der Waals surface area (Å²) in [6.07, 6.45) is 1.55. The number of carbonyl (C=O) groups is 3. The summed E-state index contributed by atoms with van der Waals surface area (Å²) in [4.78, 5) is 45.0. The van der Waals surface area contributed by atoms with Crippen LogP contribution in [0.4, 0.5) is 4.79 Å². The van der Waals surface area contributed by atoms with Gasteiger partial charge in [-0.2, -0.15) is 0 Å². The SMILES string of the molecule is CCOC(=O)N1CCC(N2CC(C(=O)N3CCN(CC)CC3)CC2=O)CC1. The van der Waals surface area contributed by atoms with Gasteiger partial charge in [0.15, 0.2) is 0 Å². The quantitative estimate of drug-likeness (QED) is 0.715. The molecule has 27 heavy (non-hydrogen) atoms. The van der Waals surface area contributed by atoms with Crippen LogP contribution >= 0.6 is 0 Å². The lowest BCUT2D eigenvalue weighted by Crippen LogP contribution is -2.51. The van der Waals surface area contributed by atoms with Crippen molar-refractivity contribution in [3.63, 3.8) is 0 Å². The van der Waals surface area contributed by atoms with Crippen LogP contribution in [0.25, 0.3) is 0 Å². The van der Waals surface area contributed by atoms with Gasteiger partial charge in [-0.25, -0.2) is 4.79 Å². The van der Waals surface area contributed by atoms with Crippen molar-refractivity contribution in [2.45, 2.75) is 39.2 Å². The Balaban J connectivity index is 1.49.